The van der Waals surface area contributed by atoms with Crippen LogP contribution in [0.2, 0.25) is 0 Å². The van der Waals surface area contributed by atoms with Crippen molar-refractivity contribution in [3.8, 4) is 0 Å². The third-order valence-electron chi connectivity index (χ3n) is 4.77. The standard InChI is InChI=1S/C20H29NO2/c1-3-4-16-7-9-17(10-8-16)19(22)13-14-20(23)21-18-11-5-15(2)6-12-18/h7-10,15,18H,3-6,11-14H2,1-2H3,(H,21,23). The topological polar surface area (TPSA) is 46.2 Å². The maximum Gasteiger partial charge on any atom is 0.220 e. The predicted molar refractivity (Wildman–Crippen MR) is 93.6 cm³/mol. The van der Waals surface area contributed by atoms with Crippen LogP contribution in [0, 0.1) is 5.92 Å². The van der Waals surface area contributed by atoms with E-state index in [-0.39, 0.29) is 11.7 Å². The third-order valence-corrected chi connectivity index (χ3v) is 4.77. The summed E-state index contributed by atoms with van der Waals surface area (Å²) in [6, 6.07) is 8.10. The first-order chi connectivity index (χ1) is 11.1. The van der Waals surface area contributed by atoms with Crippen LogP contribution >= 0.6 is 0 Å². The molecule has 1 N–H and O–H groups in total. The number of amides is 1. The van der Waals surface area contributed by atoms with Crippen LogP contribution in [0.15, 0.2) is 24.3 Å². The molecule has 0 saturated heterocycles. The van der Waals surface area contributed by atoms with Crippen LogP contribution in [0.25, 0.3) is 0 Å². The van der Waals surface area contributed by atoms with E-state index in [1.54, 1.807) is 0 Å². The van der Waals surface area contributed by atoms with Crippen LogP contribution in [-0.2, 0) is 11.2 Å². The van der Waals surface area contributed by atoms with Gasteiger partial charge in [-0.15, -0.1) is 0 Å². The molecule has 0 radical (unpaired) electrons. The molecular formula is C20H29NO2. The van der Waals surface area contributed by atoms with Crippen molar-refractivity contribution in [1.29, 1.82) is 0 Å². The van der Waals surface area contributed by atoms with E-state index in [9.17, 15) is 9.59 Å². The van der Waals surface area contributed by atoms with Gasteiger partial charge in [-0.1, -0.05) is 44.5 Å². The molecule has 1 fully saturated rings. The molecule has 0 aromatic heterocycles. The zero-order valence-electron chi connectivity index (χ0n) is 14.4. The minimum Gasteiger partial charge on any atom is -0.353 e. The van der Waals surface area contributed by atoms with Crippen molar-refractivity contribution in [3.63, 3.8) is 0 Å². The normalized spacial score (nSPS) is 21.0. The molecule has 0 bridgehead atoms. The Morgan fingerprint density at radius 2 is 1.70 bits per heavy atom. The molecule has 126 valence electrons. The van der Waals surface area contributed by atoms with Crippen LogP contribution in [0.3, 0.4) is 0 Å². The lowest BCUT2D eigenvalue weighted by Gasteiger charge is -2.26. The molecule has 3 nitrogen and oxygen atoms in total. The van der Waals surface area contributed by atoms with E-state index in [2.05, 4.69) is 19.2 Å². The van der Waals surface area contributed by atoms with Gasteiger partial charge in [0.15, 0.2) is 5.78 Å². The summed E-state index contributed by atoms with van der Waals surface area (Å²) in [6.07, 6.45) is 7.25. The van der Waals surface area contributed by atoms with E-state index in [0.717, 1.165) is 31.6 Å². The van der Waals surface area contributed by atoms with Crippen molar-refractivity contribution in [3.05, 3.63) is 35.4 Å². The van der Waals surface area contributed by atoms with Crippen LogP contribution in [0.4, 0.5) is 0 Å². The lowest BCUT2D eigenvalue weighted by atomic mass is 9.87. The molecule has 0 spiro atoms. The maximum atomic E-state index is 12.2. The molecule has 2 rings (SSSR count). The van der Waals surface area contributed by atoms with Gasteiger partial charge < -0.3 is 5.32 Å². The highest BCUT2D eigenvalue weighted by atomic mass is 16.2. The van der Waals surface area contributed by atoms with Gasteiger partial charge in [0, 0.05) is 24.4 Å². The Morgan fingerprint density at radius 3 is 2.30 bits per heavy atom. The first-order valence-electron chi connectivity index (χ1n) is 9.00. The second kappa shape index (κ2) is 8.85. The number of carbonyl (C=O) groups is 2. The lowest BCUT2D eigenvalue weighted by Crippen LogP contribution is -2.37. The summed E-state index contributed by atoms with van der Waals surface area (Å²) in [4.78, 5) is 24.2. The average Bonchev–Trinajstić information content (AvgIpc) is 2.56. The van der Waals surface area contributed by atoms with Crippen LogP contribution < -0.4 is 5.32 Å². The highest BCUT2D eigenvalue weighted by Gasteiger charge is 2.20. The Bertz CT molecular complexity index is 513. The molecule has 0 atom stereocenters. The van der Waals surface area contributed by atoms with Gasteiger partial charge >= 0.3 is 0 Å². The Morgan fingerprint density at radius 1 is 1.04 bits per heavy atom. The summed E-state index contributed by atoms with van der Waals surface area (Å²) in [6.45, 7) is 4.41. The van der Waals surface area contributed by atoms with E-state index < -0.39 is 0 Å². The van der Waals surface area contributed by atoms with Crippen molar-refractivity contribution in [2.75, 3.05) is 0 Å². The molecule has 1 aromatic rings. The third kappa shape index (κ3) is 5.81. The monoisotopic (exact) mass is 315 g/mol. The van der Waals surface area contributed by atoms with E-state index in [4.69, 9.17) is 0 Å². The number of carbonyl (C=O) groups excluding carboxylic acids is 2. The van der Waals surface area contributed by atoms with Crippen LogP contribution in [0.5, 0.6) is 0 Å². The molecule has 1 amide bonds. The predicted octanol–water partition coefficient (Wildman–Crippen LogP) is 4.30. The first kappa shape index (κ1) is 17.7. The van der Waals surface area contributed by atoms with Gasteiger partial charge in [0.25, 0.3) is 0 Å². The van der Waals surface area contributed by atoms with Crippen molar-refractivity contribution < 1.29 is 9.59 Å². The number of ketones is 1. The minimum atomic E-state index is 0.0144. The molecule has 1 aliphatic rings. The van der Waals surface area contributed by atoms with Gasteiger partial charge in [0.2, 0.25) is 5.91 Å². The second-order valence-corrected chi connectivity index (χ2v) is 6.89. The molecule has 0 aliphatic heterocycles. The Labute approximate surface area is 139 Å². The van der Waals surface area contributed by atoms with Gasteiger partial charge in [-0.2, -0.15) is 0 Å². The summed E-state index contributed by atoms with van der Waals surface area (Å²) < 4.78 is 0. The fraction of sp³-hybridized carbons (Fsp3) is 0.600. The zero-order valence-corrected chi connectivity index (χ0v) is 14.4. The number of hydrogen-bond acceptors (Lipinski definition) is 2. The fourth-order valence-corrected chi connectivity index (χ4v) is 3.22. The summed E-state index contributed by atoms with van der Waals surface area (Å²) in [5, 5.41) is 3.08. The lowest BCUT2D eigenvalue weighted by molar-refractivity contribution is -0.122. The summed E-state index contributed by atoms with van der Waals surface area (Å²) in [7, 11) is 0. The van der Waals surface area contributed by atoms with Gasteiger partial charge in [-0.25, -0.2) is 0 Å². The second-order valence-electron chi connectivity index (χ2n) is 6.89. The number of aryl methyl sites for hydroxylation is 1. The number of hydrogen-bond donors (Lipinski definition) is 1. The van der Waals surface area contributed by atoms with Gasteiger partial charge in [0.1, 0.15) is 0 Å². The van der Waals surface area contributed by atoms with Crippen molar-refractivity contribution in [1.82, 2.24) is 5.32 Å². The van der Waals surface area contributed by atoms with Gasteiger partial charge in [-0.05, 0) is 43.6 Å². The number of nitrogens with one attached hydrogen (secondary N) is 1. The number of Topliss-reactive ketones (excluding diaryl/α,β-unsaturated/α-hetero) is 1. The first-order valence-corrected chi connectivity index (χ1v) is 9.00. The zero-order chi connectivity index (χ0) is 16.7. The van der Waals surface area contributed by atoms with Gasteiger partial charge in [-0.3, -0.25) is 9.59 Å². The van der Waals surface area contributed by atoms with Crippen molar-refractivity contribution in [2.45, 2.75) is 71.3 Å². The smallest absolute Gasteiger partial charge is 0.220 e. The molecular weight excluding hydrogens is 286 g/mol. The average molecular weight is 315 g/mol. The highest BCUT2D eigenvalue weighted by Crippen LogP contribution is 2.23. The molecule has 1 aromatic carbocycles. The molecule has 1 aliphatic carbocycles. The molecule has 3 heteroatoms. The SMILES string of the molecule is CCCc1ccc(C(=O)CCC(=O)NC2CCC(C)CC2)cc1. The minimum absolute atomic E-state index is 0.0144. The van der Waals surface area contributed by atoms with E-state index in [1.165, 1.54) is 18.4 Å². The molecule has 0 heterocycles. The Kier molecular flexibility index (Phi) is 6.82. The molecule has 0 unspecified atom stereocenters. The molecule has 1 saturated carbocycles. The van der Waals surface area contributed by atoms with Crippen LogP contribution in [-0.4, -0.2) is 17.7 Å². The molecule has 23 heavy (non-hydrogen) atoms. The quantitative estimate of drug-likeness (QED) is 0.763. The maximum absolute atomic E-state index is 12.2. The summed E-state index contributed by atoms with van der Waals surface area (Å²) in [5.74, 6) is 0.849. The van der Waals surface area contributed by atoms with E-state index in [0.29, 0.717) is 24.4 Å². The van der Waals surface area contributed by atoms with E-state index in [1.807, 2.05) is 24.3 Å². The van der Waals surface area contributed by atoms with Crippen LogP contribution in [0.1, 0.15) is 74.7 Å². The Balaban J connectivity index is 1.73. The fourth-order valence-electron chi connectivity index (χ4n) is 3.22. The number of benzene rings is 1. The van der Waals surface area contributed by atoms with Crippen molar-refractivity contribution >= 4 is 11.7 Å². The van der Waals surface area contributed by atoms with Gasteiger partial charge in [0.05, 0.1) is 0 Å². The van der Waals surface area contributed by atoms with E-state index >= 15 is 0 Å². The summed E-state index contributed by atoms with van der Waals surface area (Å²) in [5.41, 5.74) is 1.97. The number of rotatable bonds is 7. The summed E-state index contributed by atoms with van der Waals surface area (Å²) >= 11 is 0. The highest BCUT2D eigenvalue weighted by molar-refractivity contribution is 5.98. The largest absolute Gasteiger partial charge is 0.353 e. The Hall–Kier alpha value is -1.64. The van der Waals surface area contributed by atoms with Crippen molar-refractivity contribution in [2.24, 2.45) is 5.92 Å².